The molecule has 0 bridgehead atoms. The number of nitrogens with zero attached hydrogens (tertiary/aromatic N) is 5. The Kier molecular flexibility index (Phi) is 7.37. The predicted octanol–water partition coefficient (Wildman–Crippen LogP) is 3.01. The number of carbonyl (C=O) groups excluding carboxylic acids is 2. The van der Waals surface area contributed by atoms with E-state index in [9.17, 15) is 9.59 Å². The zero-order valence-corrected chi connectivity index (χ0v) is 18.2. The summed E-state index contributed by atoms with van der Waals surface area (Å²) in [5.41, 5.74) is 0.617. The van der Waals surface area contributed by atoms with Gasteiger partial charge in [0.2, 0.25) is 5.91 Å². The minimum atomic E-state index is -0.185. The van der Waals surface area contributed by atoms with E-state index in [0.29, 0.717) is 15.7 Å². The van der Waals surface area contributed by atoms with Crippen molar-refractivity contribution in [3.8, 4) is 0 Å². The first-order valence-electron chi connectivity index (χ1n) is 8.79. The molecule has 2 aromatic rings. The first-order valence-corrected chi connectivity index (χ1v) is 10.6. The summed E-state index contributed by atoms with van der Waals surface area (Å²) in [5.74, 6) is 1.11. The number of aromatic nitrogens is 4. The largest absolute Gasteiger partial charge is 0.344 e. The lowest BCUT2D eigenvalue weighted by molar-refractivity contribution is -0.113. The highest BCUT2D eigenvalue weighted by molar-refractivity contribution is 7.99. The van der Waals surface area contributed by atoms with Gasteiger partial charge in [-0.05, 0) is 13.3 Å². The Balaban J connectivity index is 2.01. The SMILES string of the molecule is CCCn1c(SCC(=O)Nc2nc(C)c(C(=O)N(C)C)s2)nnc1C(C)C. The molecule has 0 aliphatic carbocycles. The van der Waals surface area contributed by atoms with E-state index in [1.54, 1.807) is 21.0 Å². The van der Waals surface area contributed by atoms with Crippen LogP contribution < -0.4 is 5.32 Å². The van der Waals surface area contributed by atoms with Gasteiger partial charge in [0.1, 0.15) is 10.7 Å². The Morgan fingerprint density at radius 1 is 1.30 bits per heavy atom. The smallest absolute Gasteiger partial charge is 0.265 e. The molecule has 10 heteroatoms. The van der Waals surface area contributed by atoms with Crippen molar-refractivity contribution in [3.63, 3.8) is 0 Å². The van der Waals surface area contributed by atoms with Gasteiger partial charge in [0.15, 0.2) is 10.3 Å². The van der Waals surface area contributed by atoms with Crippen molar-refractivity contribution in [1.82, 2.24) is 24.6 Å². The van der Waals surface area contributed by atoms with E-state index >= 15 is 0 Å². The van der Waals surface area contributed by atoms with Gasteiger partial charge in [0.25, 0.3) is 5.91 Å². The molecule has 0 unspecified atom stereocenters. The molecule has 0 aromatic carbocycles. The molecule has 0 saturated heterocycles. The summed E-state index contributed by atoms with van der Waals surface area (Å²) < 4.78 is 2.07. The first-order chi connectivity index (χ1) is 12.7. The molecule has 2 rings (SSSR count). The second-order valence-electron chi connectivity index (χ2n) is 6.62. The number of aryl methyl sites for hydroxylation is 1. The topological polar surface area (TPSA) is 93.0 Å². The molecule has 0 atom stereocenters. The Bertz CT molecular complexity index is 812. The number of thioether (sulfide) groups is 1. The van der Waals surface area contributed by atoms with Crippen molar-refractivity contribution in [1.29, 1.82) is 0 Å². The fourth-order valence-electron chi connectivity index (χ4n) is 2.40. The van der Waals surface area contributed by atoms with Crippen LogP contribution in [0.5, 0.6) is 0 Å². The van der Waals surface area contributed by atoms with Crippen LogP contribution in [0.15, 0.2) is 5.16 Å². The molecule has 0 aliphatic heterocycles. The van der Waals surface area contributed by atoms with E-state index in [1.165, 1.54) is 28.0 Å². The Morgan fingerprint density at radius 2 is 2.00 bits per heavy atom. The van der Waals surface area contributed by atoms with Gasteiger partial charge in [0.05, 0.1) is 11.4 Å². The van der Waals surface area contributed by atoms with Crippen molar-refractivity contribution < 1.29 is 9.59 Å². The van der Waals surface area contributed by atoms with Gasteiger partial charge in [-0.15, -0.1) is 10.2 Å². The second kappa shape index (κ2) is 9.32. The number of nitrogens with one attached hydrogen (secondary N) is 1. The molecular formula is C17H26N6O2S2. The van der Waals surface area contributed by atoms with Gasteiger partial charge in [-0.1, -0.05) is 43.9 Å². The van der Waals surface area contributed by atoms with Crippen molar-refractivity contribution in [2.45, 2.75) is 51.7 Å². The van der Waals surface area contributed by atoms with Crippen LogP contribution >= 0.6 is 23.1 Å². The van der Waals surface area contributed by atoms with Crippen LogP contribution in [0.1, 0.15) is 54.3 Å². The number of hydrogen-bond acceptors (Lipinski definition) is 7. The average molecular weight is 411 g/mol. The zero-order chi connectivity index (χ0) is 20.1. The third kappa shape index (κ3) is 5.29. The molecule has 2 heterocycles. The van der Waals surface area contributed by atoms with E-state index in [2.05, 4.69) is 45.8 Å². The number of carbonyl (C=O) groups is 2. The maximum Gasteiger partial charge on any atom is 0.265 e. The Morgan fingerprint density at radius 3 is 2.59 bits per heavy atom. The molecule has 2 amide bonds. The quantitative estimate of drug-likeness (QED) is 0.673. The minimum Gasteiger partial charge on any atom is -0.344 e. The van der Waals surface area contributed by atoms with Gasteiger partial charge in [-0.2, -0.15) is 0 Å². The maximum atomic E-state index is 12.3. The average Bonchev–Trinajstić information content (AvgIpc) is 3.16. The van der Waals surface area contributed by atoms with E-state index in [-0.39, 0.29) is 23.5 Å². The minimum absolute atomic E-state index is 0.117. The molecule has 0 fully saturated rings. The second-order valence-corrected chi connectivity index (χ2v) is 8.56. The molecule has 0 spiro atoms. The van der Waals surface area contributed by atoms with Crippen LogP contribution in [0.2, 0.25) is 0 Å². The van der Waals surface area contributed by atoms with Crippen LogP contribution in [0.4, 0.5) is 5.13 Å². The van der Waals surface area contributed by atoms with Crippen LogP contribution in [0.3, 0.4) is 0 Å². The summed E-state index contributed by atoms with van der Waals surface area (Å²) >= 11 is 2.54. The number of anilines is 1. The zero-order valence-electron chi connectivity index (χ0n) is 16.6. The lowest BCUT2D eigenvalue weighted by Gasteiger charge is -2.10. The van der Waals surface area contributed by atoms with E-state index in [4.69, 9.17) is 0 Å². The molecule has 2 aromatic heterocycles. The lowest BCUT2D eigenvalue weighted by Crippen LogP contribution is -2.21. The summed E-state index contributed by atoms with van der Waals surface area (Å²) in [4.78, 5) is 30.7. The van der Waals surface area contributed by atoms with E-state index in [1.807, 2.05) is 0 Å². The molecule has 148 valence electrons. The first kappa shape index (κ1) is 21.4. The molecule has 0 saturated carbocycles. The van der Waals surface area contributed by atoms with E-state index < -0.39 is 0 Å². The fraction of sp³-hybridized carbons (Fsp3) is 0.588. The normalized spacial score (nSPS) is 11.1. The predicted molar refractivity (Wildman–Crippen MR) is 109 cm³/mol. The number of hydrogen-bond donors (Lipinski definition) is 1. The van der Waals surface area contributed by atoms with Gasteiger partial charge in [-0.25, -0.2) is 4.98 Å². The summed E-state index contributed by atoms with van der Waals surface area (Å²) in [7, 11) is 3.38. The van der Waals surface area contributed by atoms with Crippen molar-refractivity contribution >= 4 is 40.0 Å². The van der Waals surface area contributed by atoms with Crippen molar-refractivity contribution in [2.75, 3.05) is 25.2 Å². The fourth-order valence-corrected chi connectivity index (χ4v) is 4.18. The Labute approximate surface area is 167 Å². The monoisotopic (exact) mass is 410 g/mol. The van der Waals surface area contributed by atoms with Crippen LogP contribution in [0, 0.1) is 6.92 Å². The van der Waals surface area contributed by atoms with Crippen LogP contribution in [-0.4, -0.2) is 56.3 Å². The van der Waals surface area contributed by atoms with Gasteiger partial charge in [0, 0.05) is 26.6 Å². The van der Waals surface area contributed by atoms with E-state index in [0.717, 1.165) is 23.9 Å². The number of rotatable bonds is 8. The summed E-state index contributed by atoms with van der Waals surface area (Å²) in [6.07, 6.45) is 0.971. The van der Waals surface area contributed by atoms with Gasteiger partial charge < -0.3 is 14.8 Å². The summed E-state index contributed by atoms with van der Waals surface area (Å²) in [6, 6.07) is 0. The summed E-state index contributed by atoms with van der Waals surface area (Å²) in [6.45, 7) is 8.84. The number of amides is 2. The third-order valence-electron chi connectivity index (χ3n) is 3.68. The van der Waals surface area contributed by atoms with Gasteiger partial charge >= 0.3 is 0 Å². The molecule has 0 radical (unpaired) electrons. The third-order valence-corrected chi connectivity index (χ3v) is 5.71. The highest BCUT2D eigenvalue weighted by atomic mass is 32.2. The van der Waals surface area contributed by atoms with Crippen LogP contribution in [0.25, 0.3) is 0 Å². The molecule has 1 N–H and O–H groups in total. The van der Waals surface area contributed by atoms with Crippen molar-refractivity contribution in [3.05, 3.63) is 16.4 Å². The summed E-state index contributed by atoms with van der Waals surface area (Å²) in [5, 5.41) is 12.4. The number of thiazole rings is 1. The highest BCUT2D eigenvalue weighted by Crippen LogP contribution is 2.25. The highest BCUT2D eigenvalue weighted by Gasteiger charge is 2.19. The van der Waals surface area contributed by atoms with Crippen molar-refractivity contribution in [2.24, 2.45) is 0 Å². The maximum absolute atomic E-state index is 12.3. The lowest BCUT2D eigenvalue weighted by atomic mass is 10.2. The Hall–Kier alpha value is -1.94. The van der Waals surface area contributed by atoms with Crippen LogP contribution in [-0.2, 0) is 11.3 Å². The molecular weight excluding hydrogens is 384 g/mol. The van der Waals surface area contributed by atoms with Gasteiger partial charge in [-0.3, -0.25) is 9.59 Å². The molecule has 0 aliphatic rings. The molecule has 8 nitrogen and oxygen atoms in total. The standard InChI is InChI=1S/C17H26N6O2S2/c1-7-8-23-14(10(2)3)20-21-17(23)26-9-12(24)19-16-18-11(4)13(27-16)15(25)22(5)6/h10H,7-9H2,1-6H3,(H,18,19,24). The molecule has 27 heavy (non-hydrogen) atoms.